The van der Waals surface area contributed by atoms with Crippen LogP contribution in [0.2, 0.25) is 0 Å². The van der Waals surface area contributed by atoms with Crippen LogP contribution < -0.4 is 10.1 Å². The highest BCUT2D eigenvalue weighted by Crippen LogP contribution is 2.27. The molecule has 0 fully saturated rings. The molecule has 3 rings (SSSR count). The molecule has 7 nitrogen and oxygen atoms in total. The lowest BCUT2D eigenvalue weighted by Gasteiger charge is -2.36. The summed E-state index contributed by atoms with van der Waals surface area (Å²) in [6.45, 7) is 8.06. The van der Waals surface area contributed by atoms with Gasteiger partial charge in [0.05, 0.1) is 11.7 Å². The van der Waals surface area contributed by atoms with Crippen LogP contribution >= 0.6 is 0 Å². The van der Waals surface area contributed by atoms with Gasteiger partial charge in [0.15, 0.2) is 0 Å². The first-order valence-corrected chi connectivity index (χ1v) is 12.5. The number of rotatable bonds is 6. The predicted octanol–water partition coefficient (Wildman–Crippen LogP) is 4.57. The Morgan fingerprint density at radius 1 is 1.19 bits per heavy atom. The molecule has 1 N–H and O–H groups in total. The molecule has 1 aliphatic rings. The molecule has 0 aromatic heterocycles. The van der Waals surface area contributed by atoms with Gasteiger partial charge in [-0.2, -0.15) is 0 Å². The van der Waals surface area contributed by atoms with Gasteiger partial charge in [-0.25, -0.2) is 4.39 Å². The maximum Gasteiger partial charge on any atom is 0.257 e. The third-order valence-corrected chi connectivity index (χ3v) is 6.61. The summed E-state index contributed by atoms with van der Waals surface area (Å²) in [5.74, 6) is 0.00836. The van der Waals surface area contributed by atoms with Crippen molar-refractivity contribution in [2.24, 2.45) is 5.92 Å². The summed E-state index contributed by atoms with van der Waals surface area (Å²) in [7, 11) is 3.41. The number of nitrogens with zero attached hydrogens (tertiary/aromatic N) is 2. The van der Waals surface area contributed by atoms with Crippen molar-refractivity contribution >= 4 is 17.5 Å². The summed E-state index contributed by atoms with van der Waals surface area (Å²) in [6, 6.07) is 11.7. The van der Waals surface area contributed by atoms with E-state index in [0.29, 0.717) is 49.7 Å². The highest BCUT2D eigenvalue weighted by atomic mass is 19.1. The molecule has 0 radical (unpaired) electrons. The number of methoxy groups -OCH3 is 1. The Hall–Kier alpha value is -2.97. The minimum absolute atomic E-state index is 0.0355. The van der Waals surface area contributed by atoms with E-state index in [-0.39, 0.29) is 35.7 Å². The number of ether oxygens (including phenoxy) is 2. The summed E-state index contributed by atoms with van der Waals surface area (Å²) in [5.41, 5.74) is 1.89. The van der Waals surface area contributed by atoms with Gasteiger partial charge in [0, 0.05) is 58.0 Å². The van der Waals surface area contributed by atoms with Gasteiger partial charge < -0.3 is 19.7 Å². The van der Waals surface area contributed by atoms with E-state index in [2.05, 4.69) is 24.1 Å². The zero-order chi connectivity index (χ0) is 26.2. The Labute approximate surface area is 213 Å². The Morgan fingerprint density at radius 3 is 2.67 bits per heavy atom. The average Bonchev–Trinajstić information content (AvgIpc) is 2.84. The fraction of sp³-hybridized carbons (Fsp3) is 0.500. The zero-order valence-electron chi connectivity index (χ0n) is 21.9. The molecule has 0 bridgehead atoms. The lowest BCUT2D eigenvalue weighted by Crippen LogP contribution is -2.46. The number of likely N-dealkylation sites (N-methyl/N-ethyl adjacent to an activating group) is 1. The molecule has 0 unspecified atom stereocenters. The lowest BCUT2D eigenvalue weighted by atomic mass is 10.0. The van der Waals surface area contributed by atoms with E-state index >= 15 is 0 Å². The van der Waals surface area contributed by atoms with Gasteiger partial charge in [-0.15, -0.1) is 0 Å². The molecular formula is C28H38FN3O4. The first-order chi connectivity index (χ1) is 17.2. The third kappa shape index (κ3) is 7.27. The average molecular weight is 500 g/mol. The minimum atomic E-state index is -0.264. The summed E-state index contributed by atoms with van der Waals surface area (Å²) in [6.07, 6.45) is 0.980. The Bertz CT molecular complexity index is 1050. The van der Waals surface area contributed by atoms with Gasteiger partial charge >= 0.3 is 0 Å². The van der Waals surface area contributed by atoms with Crippen LogP contribution in [0.1, 0.15) is 49.5 Å². The molecule has 3 atom stereocenters. The maximum atomic E-state index is 13.9. The second-order valence-corrected chi connectivity index (χ2v) is 9.67. The van der Waals surface area contributed by atoms with E-state index in [9.17, 15) is 14.0 Å². The standard InChI is InChI=1S/C28H38FN3O4/c1-6-8-27(33)30-23-11-12-24-25(14-23)36-18-20(3)32(16-21-9-7-10-22(29)13-21)15-19(2)26(35-5)17-31(4)28(24)34/h7,9-14,19-20,26H,6,8,15-18H2,1-5H3,(H,30,33)/t19-,20-,26-/m0/s1. The van der Waals surface area contributed by atoms with Crippen molar-refractivity contribution in [3.8, 4) is 5.75 Å². The van der Waals surface area contributed by atoms with Gasteiger partial charge in [0.25, 0.3) is 5.91 Å². The molecule has 36 heavy (non-hydrogen) atoms. The number of benzene rings is 2. The van der Waals surface area contributed by atoms with Gasteiger partial charge in [-0.3, -0.25) is 14.5 Å². The molecule has 2 aromatic rings. The molecule has 0 saturated heterocycles. The van der Waals surface area contributed by atoms with Gasteiger partial charge in [-0.05, 0) is 49.1 Å². The summed E-state index contributed by atoms with van der Waals surface area (Å²) >= 11 is 0. The smallest absolute Gasteiger partial charge is 0.257 e. The highest BCUT2D eigenvalue weighted by molar-refractivity contribution is 5.98. The molecule has 2 aromatic carbocycles. The number of halogens is 1. The van der Waals surface area contributed by atoms with Gasteiger partial charge in [0.1, 0.15) is 18.2 Å². The summed E-state index contributed by atoms with van der Waals surface area (Å²) in [5, 5.41) is 2.88. The second kappa shape index (κ2) is 12.8. The SMILES string of the molecule is CCCC(=O)Nc1ccc2c(c1)OC[C@H](C)N(Cc1cccc(F)c1)C[C@H](C)[C@@H](OC)CN(C)C2=O. The fourth-order valence-electron chi connectivity index (χ4n) is 4.47. The number of anilines is 1. The summed E-state index contributed by atoms with van der Waals surface area (Å²) in [4.78, 5) is 29.3. The van der Waals surface area contributed by atoms with Gasteiger partial charge in [0.2, 0.25) is 5.91 Å². The van der Waals surface area contributed by atoms with Crippen molar-refractivity contribution in [3.05, 3.63) is 59.4 Å². The van der Waals surface area contributed by atoms with Crippen molar-refractivity contribution in [1.29, 1.82) is 0 Å². The van der Waals surface area contributed by atoms with Crippen LogP contribution in [0.3, 0.4) is 0 Å². The fourth-order valence-corrected chi connectivity index (χ4v) is 4.47. The quantitative estimate of drug-likeness (QED) is 0.631. The molecule has 8 heteroatoms. The first kappa shape index (κ1) is 27.6. The van der Waals surface area contributed by atoms with Crippen LogP contribution in [0.4, 0.5) is 10.1 Å². The van der Waals surface area contributed by atoms with E-state index in [4.69, 9.17) is 9.47 Å². The molecule has 0 saturated carbocycles. The van der Waals surface area contributed by atoms with Crippen LogP contribution in [0.5, 0.6) is 5.75 Å². The Kier molecular flexibility index (Phi) is 9.84. The van der Waals surface area contributed by atoms with Crippen molar-refractivity contribution in [2.75, 3.05) is 39.2 Å². The normalized spacial score (nSPS) is 21.7. The number of carbonyl (C=O) groups is 2. The molecule has 2 amide bonds. The molecule has 196 valence electrons. The Balaban J connectivity index is 1.93. The Morgan fingerprint density at radius 2 is 1.97 bits per heavy atom. The monoisotopic (exact) mass is 499 g/mol. The van der Waals surface area contributed by atoms with Crippen LogP contribution in [0.25, 0.3) is 0 Å². The molecule has 1 aliphatic heterocycles. The number of carbonyl (C=O) groups excluding carboxylic acids is 2. The van der Waals surface area contributed by atoms with E-state index in [1.165, 1.54) is 6.07 Å². The molecule has 0 aliphatic carbocycles. The first-order valence-electron chi connectivity index (χ1n) is 12.5. The maximum absolute atomic E-state index is 13.9. The molecular weight excluding hydrogens is 461 g/mol. The van der Waals surface area contributed by atoms with Gasteiger partial charge in [-0.1, -0.05) is 26.0 Å². The predicted molar refractivity (Wildman–Crippen MR) is 139 cm³/mol. The number of nitrogens with one attached hydrogen (secondary N) is 1. The van der Waals surface area contributed by atoms with E-state index in [0.717, 1.165) is 12.0 Å². The van der Waals surface area contributed by atoms with Crippen LogP contribution in [-0.4, -0.2) is 67.6 Å². The van der Waals surface area contributed by atoms with Crippen molar-refractivity contribution in [1.82, 2.24) is 9.80 Å². The van der Waals surface area contributed by atoms with E-state index < -0.39 is 0 Å². The number of hydrogen-bond donors (Lipinski definition) is 1. The van der Waals surface area contributed by atoms with Crippen LogP contribution in [-0.2, 0) is 16.1 Å². The van der Waals surface area contributed by atoms with E-state index in [1.54, 1.807) is 49.4 Å². The zero-order valence-corrected chi connectivity index (χ0v) is 21.9. The van der Waals surface area contributed by atoms with Crippen LogP contribution in [0.15, 0.2) is 42.5 Å². The second-order valence-electron chi connectivity index (χ2n) is 9.67. The minimum Gasteiger partial charge on any atom is -0.491 e. The summed E-state index contributed by atoms with van der Waals surface area (Å²) < 4.78 is 25.9. The van der Waals surface area contributed by atoms with E-state index in [1.807, 2.05) is 13.0 Å². The van der Waals surface area contributed by atoms with Crippen molar-refractivity contribution in [2.45, 2.75) is 52.3 Å². The largest absolute Gasteiger partial charge is 0.491 e. The van der Waals surface area contributed by atoms with Crippen molar-refractivity contribution < 1.29 is 23.5 Å². The number of hydrogen-bond acceptors (Lipinski definition) is 5. The lowest BCUT2D eigenvalue weighted by molar-refractivity contribution is -0.116. The number of amides is 2. The van der Waals surface area contributed by atoms with Crippen molar-refractivity contribution in [3.63, 3.8) is 0 Å². The highest BCUT2D eigenvalue weighted by Gasteiger charge is 2.28. The topological polar surface area (TPSA) is 71.1 Å². The third-order valence-electron chi connectivity index (χ3n) is 6.61. The van der Waals surface area contributed by atoms with Crippen LogP contribution in [0, 0.1) is 11.7 Å². The number of fused-ring (bicyclic) bond motifs is 1. The molecule has 1 heterocycles. The molecule has 0 spiro atoms.